The van der Waals surface area contributed by atoms with Crippen molar-refractivity contribution in [2.45, 2.75) is 53.2 Å². The molecule has 18 heavy (non-hydrogen) atoms. The van der Waals surface area contributed by atoms with Crippen LogP contribution >= 0.6 is 0 Å². The number of carbonyl (C=O) groups is 1. The van der Waals surface area contributed by atoms with Crippen molar-refractivity contribution < 1.29 is 9.90 Å². The first-order chi connectivity index (χ1) is 8.47. The molecule has 0 aliphatic heterocycles. The zero-order chi connectivity index (χ0) is 13.7. The van der Waals surface area contributed by atoms with E-state index in [1.54, 1.807) is 0 Å². The quantitative estimate of drug-likeness (QED) is 0.804. The molecule has 0 saturated carbocycles. The Balaban J connectivity index is 2.85. The van der Waals surface area contributed by atoms with Gasteiger partial charge in [0.25, 0.3) is 0 Å². The van der Waals surface area contributed by atoms with Crippen LogP contribution in [0.15, 0.2) is 6.07 Å². The summed E-state index contributed by atoms with van der Waals surface area (Å²) in [5.41, 5.74) is 2.15. The van der Waals surface area contributed by atoms with Gasteiger partial charge in [0.05, 0.1) is 17.9 Å². The van der Waals surface area contributed by atoms with Crippen LogP contribution in [0.2, 0.25) is 0 Å². The van der Waals surface area contributed by atoms with E-state index in [2.05, 4.69) is 18.1 Å². The monoisotopic (exact) mass is 253 g/mol. The Labute approximate surface area is 108 Å². The number of aromatic nitrogens is 2. The van der Waals surface area contributed by atoms with Crippen molar-refractivity contribution in [2.75, 3.05) is 6.54 Å². The van der Waals surface area contributed by atoms with Crippen molar-refractivity contribution in [3.8, 4) is 0 Å². The third-order valence-electron chi connectivity index (χ3n) is 3.01. The van der Waals surface area contributed by atoms with Crippen LogP contribution in [0.3, 0.4) is 0 Å². The molecule has 102 valence electrons. The van der Waals surface area contributed by atoms with Crippen LogP contribution < -0.4 is 0 Å². The number of hydrogen-bond acceptors (Lipinski definition) is 3. The molecule has 0 radical (unpaired) electrons. The summed E-state index contributed by atoms with van der Waals surface area (Å²) < 4.78 is 1.95. The molecule has 0 saturated heterocycles. The first-order valence-corrected chi connectivity index (χ1v) is 6.49. The van der Waals surface area contributed by atoms with E-state index < -0.39 is 5.97 Å². The number of carboxylic acid groups (broad SMARTS) is 1. The lowest BCUT2D eigenvalue weighted by Crippen LogP contribution is -2.35. The molecule has 5 heteroatoms. The van der Waals surface area contributed by atoms with Gasteiger partial charge < -0.3 is 5.11 Å². The van der Waals surface area contributed by atoms with Crippen LogP contribution in [-0.2, 0) is 24.3 Å². The highest BCUT2D eigenvalue weighted by Crippen LogP contribution is 2.11. The van der Waals surface area contributed by atoms with Crippen LogP contribution in [0.1, 0.15) is 39.1 Å². The van der Waals surface area contributed by atoms with E-state index in [0.717, 1.165) is 24.4 Å². The molecule has 1 aromatic rings. The zero-order valence-corrected chi connectivity index (χ0v) is 11.7. The average Bonchev–Trinajstić information content (AvgIpc) is 2.69. The third-order valence-corrected chi connectivity index (χ3v) is 3.01. The number of hydrogen-bond donors (Lipinski definition) is 1. The second-order valence-corrected chi connectivity index (χ2v) is 4.69. The molecule has 1 aromatic heterocycles. The highest BCUT2D eigenvalue weighted by Gasteiger charge is 2.16. The highest BCUT2D eigenvalue weighted by molar-refractivity contribution is 5.69. The van der Waals surface area contributed by atoms with E-state index in [4.69, 9.17) is 5.11 Å². The summed E-state index contributed by atoms with van der Waals surface area (Å²) in [6.45, 7) is 9.65. The molecular weight excluding hydrogens is 230 g/mol. The summed E-state index contributed by atoms with van der Waals surface area (Å²) in [5.74, 6) is -0.790. The van der Waals surface area contributed by atoms with Crippen LogP contribution in [0.25, 0.3) is 0 Å². The lowest BCUT2D eigenvalue weighted by Gasteiger charge is -2.24. The van der Waals surface area contributed by atoms with Gasteiger partial charge in [0, 0.05) is 19.1 Å². The van der Waals surface area contributed by atoms with E-state index in [9.17, 15) is 4.79 Å². The molecule has 0 aromatic carbocycles. The Morgan fingerprint density at radius 2 is 2.17 bits per heavy atom. The fraction of sp³-hybridized carbons (Fsp3) is 0.692. The first kappa shape index (κ1) is 14.7. The minimum absolute atomic E-state index is 0.0635. The Morgan fingerprint density at radius 1 is 1.50 bits per heavy atom. The predicted octanol–water partition coefficient (Wildman–Crippen LogP) is 1.76. The summed E-state index contributed by atoms with van der Waals surface area (Å²) in [4.78, 5) is 12.8. The zero-order valence-electron chi connectivity index (χ0n) is 11.7. The second-order valence-electron chi connectivity index (χ2n) is 4.69. The van der Waals surface area contributed by atoms with Gasteiger partial charge in [0.1, 0.15) is 0 Å². The smallest absolute Gasteiger partial charge is 0.317 e. The van der Waals surface area contributed by atoms with Gasteiger partial charge >= 0.3 is 5.97 Å². The van der Waals surface area contributed by atoms with Gasteiger partial charge in [-0.3, -0.25) is 14.4 Å². The van der Waals surface area contributed by atoms with Gasteiger partial charge in [0.15, 0.2) is 0 Å². The summed E-state index contributed by atoms with van der Waals surface area (Å²) in [7, 11) is 0. The molecule has 0 bridgehead atoms. The molecular formula is C13H23N3O2. The van der Waals surface area contributed by atoms with Crippen molar-refractivity contribution in [2.24, 2.45) is 0 Å². The number of rotatable bonds is 7. The normalized spacial score (nSPS) is 11.4. The minimum Gasteiger partial charge on any atom is -0.480 e. The fourth-order valence-electron chi connectivity index (χ4n) is 1.89. The number of carboxylic acids is 1. The maximum Gasteiger partial charge on any atom is 0.317 e. The summed E-state index contributed by atoms with van der Waals surface area (Å²) >= 11 is 0. The number of aliphatic carboxylic acids is 1. The van der Waals surface area contributed by atoms with E-state index in [-0.39, 0.29) is 12.6 Å². The molecule has 1 N–H and O–H groups in total. The fourth-order valence-corrected chi connectivity index (χ4v) is 1.89. The molecule has 0 fully saturated rings. The summed E-state index contributed by atoms with van der Waals surface area (Å²) in [6.07, 6.45) is 0.903. The van der Waals surface area contributed by atoms with Crippen molar-refractivity contribution in [3.05, 3.63) is 17.5 Å². The lowest BCUT2D eigenvalue weighted by molar-refractivity contribution is -0.139. The second kappa shape index (κ2) is 6.54. The topological polar surface area (TPSA) is 58.4 Å². The van der Waals surface area contributed by atoms with Crippen LogP contribution in [0.4, 0.5) is 0 Å². The maximum absolute atomic E-state index is 10.9. The van der Waals surface area contributed by atoms with Crippen LogP contribution in [0, 0.1) is 0 Å². The van der Waals surface area contributed by atoms with Crippen LogP contribution in [-0.4, -0.2) is 38.3 Å². The van der Waals surface area contributed by atoms with Gasteiger partial charge in [-0.1, -0.05) is 6.92 Å². The molecule has 0 aliphatic carbocycles. The highest BCUT2D eigenvalue weighted by atomic mass is 16.4. The number of aryl methyl sites for hydroxylation is 2. The van der Waals surface area contributed by atoms with E-state index in [1.165, 1.54) is 0 Å². The Morgan fingerprint density at radius 3 is 2.61 bits per heavy atom. The van der Waals surface area contributed by atoms with E-state index >= 15 is 0 Å². The van der Waals surface area contributed by atoms with Gasteiger partial charge in [-0.05, 0) is 33.3 Å². The van der Waals surface area contributed by atoms with E-state index in [0.29, 0.717) is 6.54 Å². The Bertz CT molecular complexity index is 399. The maximum atomic E-state index is 10.9. The van der Waals surface area contributed by atoms with Gasteiger partial charge in [-0.2, -0.15) is 5.10 Å². The van der Waals surface area contributed by atoms with Gasteiger partial charge in [0.2, 0.25) is 0 Å². The minimum atomic E-state index is -0.790. The molecule has 0 spiro atoms. The summed E-state index contributed by atoms with van der Waals surface area (Å²) in [6, 6.07) is 2.27. The lowest BCUT2D eigenvalue weighted by atomic mass is 10.2. The SMILES string of the molecule is CCc1cc(CN(CC(=O)O)C(C)C)n(CC)n1. The third kappa shape index (κ3) is 3.84. The van der Waals surface area contributed by atoms with Gasteiger partial charge in [-0.15, -0.1) is 0 Å². The van der Waals surface area contributed by atoms with Gasteiger partial charge in [-0.25, -0.2) is 0 Å². The molecule has 1 heterocycles. The van der Waals surface area contributed by atoms with E-state index in [1.807, 2.05) is 30.4 Å². The van der Waals surface area contributed by atoms with Crippen LogP contribution in [0.5, 0.6) is 0 Å². The van der Waals surface area contributed by atoms with Crippen molar-refractivity contribution in [1.82, 2.24) is 14.7 Å². The summed E-state index contributed by atoms with van der Waals surface area (Å²) in [5, 5.41) is 13.4. The van der Waals surface area contributed by atoms with Crippen molar-refractivity contribution in [1.29, 1.82) is 0 Å². The first-order valence-electron chi connectivity index (χ1n) is 6.49. The molecule has 5 nitrogen and oxygen atoms in total. The molecule has 0 atom stereocenters. The largest absolute Gasteiger partial charge is 0.480 e. The van der Waals surface area contributed by atoms with Crippen molar-refractivity contribution >= 4 is 5.97 Å². The molecule has 0 amide bonds. The Kier molecular flexibility index (Phi) is 5.34. The predicted molar refractivity (Wildman–Crippen MR) is 70.5 cm³/mol. The molecule has 0 aliphatic rings. The Hall–Kier alpha value is -1.36. The molecule has 1 rings (SSSR count). The van der Waals surface area contributed by atoms with Crippen molar-refractivity contribution in [3.63, 3.8) is 0 Å². The average molecular weight is 253 g/mol. The standard InChI is InChI=1S/C13H23N3O2/c1-5-11-7-12(16(6-2)14-11)8-15(10(3)4)9-13(17)18/h7,10H,5-6,8-9H2,1-4H3,(H,17,18). The number of nitrogens with zero attached hydrogens (tertiary/aromatic N) is 3. The molecule has 0 unspecified atom stereocenters.